The van der Waals surface area contributed by atoms with Crippen LogP contribution in [-0.4, -0.2) is 75.6 Å². The van der Waals surface area contributed by atoms with Crippen molar-refractivity contribution in [1.82, 2.24) is 0 Å². The summed E-state index contributed by atoms with van der Waals surface area (Å²) < 4.78 is 35.0. The predicted octanol–water partition coefficient (Wildman–Crippen LogP) is 13.3. The van der Waals surface area contributed by atoms with Gasteiger partial charge in [-0.1, -0.05) is 152 Å². The lowest BCUT2D eigenvalue weighted by Crippen LogP contribution is -2.37. The lowest BCUT2D eigenvalue weighted by Gasteiger charge is -2.24. The van der Waals surface area contributed by atoms with Crippen LogP contribution in [0.5, 0.6) is 0 Å². The van der Waals surface area contributed by atoms with Crippen molar-refractivity contribution in [1.29, 1.82) is 0 Å². The molecule has 0 spiro atoms. The smallest absolute Gasteiger partial charge is 0.457 e. The maximum atomic E-state index is 12.7. The molecule has 0 aliphatic rings. The number of unbranched alkanes of at least 4 members (excludes halogenated alkanes) is 17. The summed E-state index contributed by atoms with van der Waals surface area (Å²) in [5.41, 5.74) is 0. The van der Waals surface area contributed by atoms with E-state index in [1.165, 1.54) is 83.5 Å². The Hall–Kier alpha value is -1.80. The van der Waals surface area contributed by atoms with Gasteiger partial charge in [-0.15, -0.1) is 0 Å². The highest BCUT2D eigenvalue weighted by Crippen LogP contribution is 2.43. The van der Waals surface area contributed by atoms with Crippen molar-refractivity contribution < 1.29 is 37.3 Å². The molecule has 56 heavy (non-hydrogen) atoms. The highest BCUT2D eigenvalue weighted by Gasteiger charge is 2.26. The molecular formula is C47H87NO7P+. The minimum Gasteiger partial charge on any atom is -0.457 e. The van der Waals surface area contributed by atoms with Gasteiger partial charge in [-0.05, 0) is 77.0 Å². The molecule has 0 saturated heterocycles. The number of hydrogen-bond acceptors (Lipinski definition) is 6. The van der Waals surface area contributed by atoms with Gasteiger partial charge in [-0.3, -0.25) is 13.8 Å². The van der Waals surface area contributed by atoms with Gasteiger partial charge >= 0.3 is 13.8 Å². The van der Waals surface area contributed by atoms with Crippen LogP contribution in [0.15, 0.2) is 60.8 Å². The number of hydrogen-bond donors (Lipinski definition) is 1. The van der Waals surface area contributed by atoms with Crippen LogP contribution < -0.4 is 0 Å². The molecule has 0 radical (unpaired) electrons. The molecule has 0 aliphatic heterocycles. The van der Waals surface area contributed by atoms with E-state index in [9.17, 15) is 14.3 Å². The second kappa shape index (κ2) is 40.0. The number of esters is 1. The van der Waals surface area contributed by atoms with Crippen molar-refractivity contribution in [3.8, 4) is 0 Å². The van der Waals surface area contributed by atoms with E-state index in [2.05, 4.69) is 74.6 Å². The molecule has 0 bridgehead atoms. The number of allylic oxidation sites excluding steroid dienone is 10. The first-order chi connectivity index (χ1) is 27.1. The summed E-state index contributed by atoms with van der Waals surface area (Å²) >= 11 is 0. The van der Waals surface area contributed by atoms with Crippen molar-refractivity contribution >= 4 is 13.8 Å². The summed E-state index contributed by atoms with van der Waals surface area (Å²) in [5, 5.41) is 0. The van der Waals surface area contributed by atoms with E-state index in [0.717, 1.165) is 70.6 Å². The Kier molecular flexibility index (Phi) is 38.7. The number of quaternary nitrogens is 1. The first-order valence-electron chi connectivity index (χ1n) is 22.5. The Morgan fingerprint density at radius 1 is 0.554 bits per heavy atom. The van der Waals surface area contributed by atoms with Crippen molar-refractivity contribution in [3.63, 3.8) is 0 Å². The maximum absolute atomic E-state index is 12.7. The molecule has 0 fully saturated rings. The topological polar surface area (TPSA) is 91.3 Å². The molecule has 0 aromatic rings. The van der Waals surface area contributed by atoms with E-state index in [1.807, 2.05) is 21.1 Å². The summed E-state index contributed by atoms with van der Waals surface area (Å²) in [7, 11) is 1.64. The number of rotatable bonds is 41. The summed E-state index contributed by atoms with van der Waals surface area (Å²) in [6, 6.07) is 0. The molecule has 0 aliphatic carbocycles. The van der Waals surface area contributed by atoms with Gasteiger partial charge in [0.15, 0.2) is 0 Å². The number of nitrogens with zero attached hydrogens (tertiary/aromatic N) is 1. The van der Waals surface area contributed by atoms with Crippen LogP contribution in [0.1, 0.15) is 174 Å². The zero-order valence-corrected chi connectivity index (χ0v) is 37.7. The quantitative estimate of drug-likeness (QED) is 0.0216. The number of carbonyl (C=O) groups is 1. The lowest BCUT2D eigenvalue weighted by molar-refractivity contribution is -0.870. The second-order valence-electron chi connectivity index (χ2n) is 16.1. The summed E-state index contributed by atoms with van der Waals surface area (Å²) in [6.45, 7) is 5.50. The Balaban J connectivity index is 4.28. The van der Waals surface area contributed by atoms with Crippen LogP contribution in [0.2, 0.25) is 0 Å². The number of phosphoric acid groups is 1. The van der Waals surface area contributed by atoms with Gasteiger partial charge in [0.2, 0.25) is 0 Å². The standard InChI is InChI=1S/C47H86NO7P/c1-6-8-10-12-14-16-18-20-22-23-24-25-26-28-30-32-34-36-38-40-47(49)55-46(45-54-56(50,51)53-43-41-48(3,4)5)44-52-42-39-37-35-33-31-29-27-21-19-17-15-13-11-9-7-2/h13-16,19-22,24-25,46H,6-12,17-18,23,26-45H2,1-5H3/p+1/b15-13-,16-14-,21-19-,22-20-,25-24-. The Bertz CT molecular complexity index is 1080. The third-order valence-corrected chi connectivity index (χ3v) is 10.3. The van der Waals surface area contributed by atoms with E-state index in [0.29, 0.717) is 24.1 Å². The number of ether oxygens (including phenoxy) is 2. The maximum Gasteiger partial charge on any atom is 0.472 e. The summed E-state index contributed by atoms with van der Waals surface area (Å²) in [4.78, 5) is 22.9. The molecule has 2 atom stereocenters. The number of phosphoric ester groups is 1. The monoisotopic (exact) mass is 809 g/mol. The normalized spacial score (nSPS) is 14.3. The van der Waals surface area contributed by atoms with Gasteiger partial charge in [0.25, 0.3) is 0 Å². The third kappa shape index (κ3) is 43.3. The predicted molar refractivity (Wildman–Crippen MR) is 238 cm³/mol. The van der Waals surface area contributed by atoms with E-state index in [4.69, 9.17) is 18.5 Å². The van der Waals surface area contributed by atoms with Crippen LogP contribution in [0.4, 0.5) is 0 Å². The Labute approximate surface area is 345 Å². The zero-order valence-electron chi connectivity index (χ0n) is 36.9. The van der Waals surface area contributed by atoms with Crippen molar-refractivity contribution in [2.75, 3.05) is 54.1 Å². The van der Waals surface area contributed by atoms with Gasteiger partial charge < -0.3 is 18.9 Å². The zero-order chi connectivity index (χ0) is 41.3. The molecule has 0 saturated carbocycles. The molecule has 326 valence electrons. The minimum atomic E-state index is -4.28. The van der Waals surface area contributed by atoms with Gasteiger partial charge in [-0.25, -0.2) is 4.57 Å². The second-order valence-corrected chi connectivity index (χ2v) is 17.5. The van der Waals surface area contributed by atoms with Crippen LogP contribution in [-0.2, 0) is 27.9 Å². The lowest BCUT2D eigenvalue weighted by atomic mass is 10.1. The largest absolute Gasteiger partial charge is 0.472 e. The number of carbonyl (C=O) groups excluding carboxylic acids is 1. The SMILES string of the molecule is CCCC/C=C\C/C=C\CCCCCCCCOCC(COP(=O)(O)OCC[N+](C)(C)C)OC(=O)CCCCCCCC/C=C\C/C=C\C/C=C\CCCCC. The average Bonchev–Trinajstić information content (AvgIpc) is 3.15. The fourth-order valence-electron chi connectivity index (χ4n) is 5.75. The van der Waals surface area contributed by atoms with Gasteiger partial charge in [0, 0.05) is 13.0 Å². The van der Waals surface area contributed by atoms with Gasteiger partial charge in [0.1, 0.15) is 19.3 Å². The first-order valence-corrected chi connectivity index (χ1v) is 24.0. The van der Waals surface area contributed by atoms with Crippen LogP contribution in [0.25, 0.3) is 0 Å². The summed E-state index contributed by atoms with van der Waals surface area (Å²) in [5.74, 6) is -0.332. The third-order valence-electron chi connectivity index (χ3n) is 9.30. The van der Waals surface area contributed by atoms with Crippen molar-refractivity contribution in [3.05, 3.63) is 60.8 Å². The highest BCUT2D eigenvalue weighted by molar-refractivity contribution is 7.47. The van der Waals surface area contributed by atoms with Crippen LogP contribution >= 0.6 is 7.82 Å². The molecule has 1 N–H and O–H groups in total. The Morgan fingerprint density at radius 2 is 1.00 bits per heavy atom. The van der Waals surface area contributed by atoms with E-state index in [1.54, 1.807) is 0 Å². The summed E-state index contributed by atoms with van der Waals surface area (Å²) in [6.07, 6.45) is 49.6. The fourth-order valence-corrected chi connectivity index (χ4v) is 6.49. The number of likely N-dealkylation sites (N-methyl/N-ethyl adjacent to an activating group) is 1. The minimum absolute atomic E-state index is 0.0809. The molecule has 2 unspecified atom stereocenters. The molecule has 9 heteroatoms. The molecule has 0 aromatic carbocycles. The molecule has 0 heterocycles. The van der Waals surface area contributed by atoms with Crippen LogP contribution in [0.3, 0.4) is 0 Å². The van der Waals surface area contributed by atoms with Crippen molar-refractivity contribution in [2.45, 2.75) is 180 Å². The molecule has 8 nitrogen and oxygen atoms in total. The molecule has 0 aromatic heterocycles. The highest BCUT2D eigenvalue weighted by atomic mass is 31.2. The molecule has 0 rings (SSSR count). The van der Waals surface area contributed by atoms with E-state index < -0.39 is 13.9 Å². The van der Waals surface area contributed by atoms with Crippen molar-refractivity contribution in [2.24, 2.45) is 0 Å². The fraction of sp³-hybridized carbons (Fsp3) is 0.766. The molecule has 0 amide bonds. The Morgan fingerprint density at radius 3 is 1.52 bits per heavy atom. The van der Waals surface area contributed by atoms with E-state index in [-0.39, 0.29) is 25.8 Å². The van der Waals surface area contributed by atoms with Gasteiger partial charge in [0.05, 0.1) is 34.4 Å². The van der Waals surface area contributed by atoms with E-state index >= 15 is 0 Å². The van der Waals surface area contributed by atoms with Gasteiger partial charge in [-0.2, -0.15) is 0 Å². The first kappa shape index (κ1) is 54.2. The molecular weight excluding hydrogens is 721 g/mol. The average molecular weight is 809 g/mol. The van der Waals surface area contributed by atoms with Crippen LogP contribution in [0, 0.1) is 0 Å².